The standard InChI is InChI=1S/C9H12ClNO2S/c1-7-6-9(11)3-2-8(7)4-5-14(10,12)13/h2-3,6H,4-5,11H2,1H3. The van der Waals surface area contributed by atoms with Gasteiger partial charge in [0.1, 0.15) is 0 Å². The van der Waals surface area contributed by atoms with E-state index in [-0.39, 0.29) is 5.75 Å². The molecule has 0 fully saturated rings. The van der Waals surface area contributed by atoms with Crippen molar-refractivity contribution in [2.45, 2.75) is 13.3 Å². The first-order valence-corrected chi connectivity index (χ1v) is 6.64. The molecule has 1 aromatic carbocycles. The highest BCUT2D eigenvalue weighted by Crippen LogP contribution is 2.14. The lowest BCUT2D eigenvalue weighted by Crippen LogP contribution is -2.02. The Kier molecular flexibility index (Phi) is 3.39. The van der Waals surface area contributed by atoms with Crippen molar-refractivity contribution in [2.24, 2.45) is 0 Å². The zero-order valence-corrected chi connectivity index (χ0v) is 9.40. The maximum atomic E-state index is 10.7. The maximum Gasteiger partial charge on any atom is 0.232 e. The van der Waals surface area contributed by atoms with Gasteiger partial charge < -0.3 is 5.73 Å². The van der Waals surface area contributed by atoms with E-state index < -0.39 is 9.05 Å². The fourth-order valence-electron chi connectivity index (χ4n) is 1.23. The van der Waals surface area contributed by atoms with Crippen LogP contribution in [0.3, 0.4) is 0 Å². The first-order valence-electron chi connectivity index (χ1n) is 4.16. The van der Waals surface area contributed by atoms with E-state index >= 15 is 0 Å². The molecule has 0 atom stereocenters. The molecule has 0 aliphatic rings. The normalized spacial score (nSPS) is 11.6. The molecule has 78 valence electrons. The minimum atomic E-state index is -3.41. The fraction of sp³-hybridized carbons (Fsp3) is 0.333. The van der Waals surface area contributed by atoms with E-state index in [2.05, 4.69) is 0 Å². The number of rotatable bonds is 3. The molecule has 0 spiro atoms. The number of benzene rings is 1. The molecular formula is C9H12ClNO2S. The molecule has 0 unspecified atom stereocenters. The van der Waals surface area contributed by atoms with Crippen LogP contribution in [0, 0.1) is 6.92 Å². The van der Waals surface area contributed by atoms with E-state index in [9.17, 15) is 8.42 Å². The third kappa shape index (κ3) is 3.55. The van der Waals surface area contributed by atoms with Crippen LogP contribution < -0.4 is 5.73 Å². The van der Waals surface area contributed by atoms with Gasteiger partial charge in [-0.05, 0) is 36.6 Å². The Hall–Kier alpha value is -0.740. The van der Waals surface area contributed by atoms with E-state index in [0.29, 0.717) is 12.1 Å². The first kappa shape index (κ1) is 11.3. The summed E-state index contributed by atoms with van der Waals surface area (Å²) in [6, 6.07) is 5.39. The van der Waals surface area contributed by atoms with E-state index in [1.807, 2.05) is 19.1 Å². The Labute approximate surface area is 88.3 Å². The van der Waals surface area contributed by atoms with Crippen molar-refractivity contribution >= 4 is 25.4 Å². The number of anilines is 1. The summed E-state index contributed by atoms with van der Waals surface area (Å²) < 4.78 is 21.4. The molecule has 0 aliphatic carbocycles. The molecule has 0 aromatic heterocycles. The Morgan fingerprint density at radius 2 is 2.07 bits per heavy atom. The topological polar surface area (TPSA) is 60.2 Å². The van der Waals surface area contributed by atoms with Gasteiger partial charge in [0.15, 0.2) is 0 Å². The van der Waals surface area contributed by atoms with Crippen LogP contribution in [-0.2, 0) is 15.5 Å². The lowest BCUT2D eigenvalue weighted by atomic mass is 10.1. The maximum absolute atomic E-state index is 10.7. The van der Waals surface area contributed by atoms with Crippen LogP contribution in [0.15, 0.2) is 18.2 Å². The minimum Gasteiger partial charge on any atom is -0.399 e. The zero-order valence-electron chi connectivity index (χ0n) is 7.83. The Morgan fingerprint density at radius 3 is 2.57 bits per heavy atom. The molecule has 14 heavy (non-hydrogen) atoms. The van der Waals surface area contributed by atoms with E-state index in [1.165, 1.54) is 0 Å². The van der Waals surface area contributed by atoms with E-state index in [4.69, 9.17) is 16.4 Å². The molecule has 0 amide bonds. The summed E-state index contributed by atoms with van der Waals surface area (Å²) in [7, 11) is 1.71. The average Bonchev–Trinajstić information content (AvgIpc) is 2.00. The second-order valence-electron chi connectivity index (χ2n) is 3.18. The summed E-state index contributed by atoms with van der Waals surface area (Å²) in [4.78, 5) is 0. The molecule has 0 saturated carbocycles. The van der Waals surface area contributed by atoms with Crippen molar-refractivity contribution in [1.29, 1.82) is 0 Å². The Bertz CT molecular complexity index is 428. The van der Waals surface area contributed by atoms with Crippen LogP contribution in [0.1, 0.15) is 11.1 Å². The van der Waals surface area contributed by atoms with Gasteiger partial charge >= 0.3 is 0 Å². The van der Waals surface area contributed by atoms with Gasteiger partial charge in [0.05, 0.1) is 5.75 Å². The van der Waals surface area contributed by atoms with Crippen molar-refractivity contribution in [3.05, 3.63) is 29.3 Å². The number of hydrogen-bond acceptors (Lipinski definition) is 3. The molecule has 0 heterocycles. The molecule has 0 aliphatic heterocycles. The van der Waals surface area contributed by atoms with Crippen LogP contribution in [0.5, 0.6) is 0 Å². The number of nitrogen functional groups attached to an aromatic ring is 1. The van der Waals surface area contributed by atoms with Crippen LogP contribution in [0.25, 0.3) is 0 Å². The number of halogens is 1. The van der Waals surface area contributed by atoms with Crippen molar-refractivity contribution in [1.82, 2.24) is 0 Å². The van der Waals surface area contributed by atoms with Crippen molar-refractivity contribution in [3.63, 3.8) is 0 Å². The number of nitrogens with two attached hydrogens (primary N) is 1. The van der Waals surface area contributed by atoms with Crippen molar-refractivity contribution < 1.29 is 8.42 Å². The number of aryl methyl sites for hydroxylation is 2. The van der Waals surface area contributed by atoms with Crippen LogP contribution >= 0.6 is 10.7 Å². The summed E-state index contributed by atoms with van der Waals surface area (Å²) in [5, 5.41) is 0. The smallest absolute Gasteiger partial charge is 0.232 e. The van der Waals surface area contributed by atoms with Crippen LogP contribution in [0.2, 0.25) is 0 Å². The van der Waals surface area contributed by atoms with E-state index in [1.54, 1.807) is 6.07 Å². The lowest BCUT2D eigenvalue weighted by molar-refractivity contribution is 0.609. The third-order valence-electron chi connectivity index (χ3n) is 1.98. The van der Waals surface area contributed by atoms with Gasteiger partial charge in [0.2, 0.25) is 9.05 Å². The second-order valence-corrected chi connectivity index (χ2v) is 6.08. The molecule has 1 rings (SSSR count). The van der Waals surface area contributed by atoms with Gasteiger partial charge in [0.25, 0.3) is 0 Å². The third-order valence-corrected chi connectivity index (χ3v) is 3.14. The highest BCUT2D eigenvalue weighted by atomic mass is 35.7. The minimum absolute atomic E-state index is 0.0423. The van der Waals surface area contributed by atoms with Gasteiger partial charge in [-0.2, -0.15) is 0 Å². The predicted octanol–water partition coefficient (Wildman–Crippen LogP) is 1.69. The summed E-state index contributed by atoms with van der Waals surface area (Å²) in [6.45, 7) is 1.90. The van der Waals surface area contributed by atoms with Gasteiger partial charge in [-0.1, -0.05) is 6.07 Å². The molecule has 0 radical (unpaired) electrons. The summed E-state index contributed by atoms with van der Waals surface area (Å²) in [5.74, 6) is -0.0423. The molecule has 0 saturated heterocycles. The fourth-order valence-corrected chi connectivity index (χ4v) is 1.93. The van der Waals surface area contributed by atoms with Gasteiger partial charge in [-0.25, -0.2) is 8.42 Å². The number of hydrogen-bond donors (Lipinski definition) is 1. The van der Waals surface area contributed by atoms with Gasteiger partial charge in [-0.3, -0.25) is 0 Å². The second kappa shape index (κ2) is 4.19. The predicted molar refractivity (Wildman–Crippen MR) is 58.9 cm³/mol. The Morgan fingerprint density at radius 1 is 1.43 bits per heavy atom. The highest BCUT2D eigenvalue weighted by Gasteiger charge is 2.07. The lowest BCUT2D eigenvalue weighted by Gasteiger charge is -2.04. The zero-order chi connectivity index (χ0) is 10.8. The molecule has 2 N–H and O–H groups in total. The Balaban J connectivity index is 2.78. The van der Waals surface area contributed by atoms with E-state index in [0.717, 1.165) is 11.1 Å². The molecule has 3 nitrogen and oxygen atoms in total. The highest BCUT2D eigenvalue weighted by molar-refractivity contribution is 8.13. The monoisotopic (exact) mass is 233 g/mol. The van der Waals surface area contributed by atoms with Crippen molar-refractivity contribution in [2.75, 3.05) is 11.5 Å². The van der Waals surface area contributed by atoms with Gasteiger partial charge in [-0.15, -0.1) is 0 Å². The van der Waals surface area contributed by atoms with Crippen LogP contribution in [0.4, 0.5) is 5.69 Å². The molecular weight excluding hydrogens is 222 g/mol. The molecule has 5 heteroatoms. The van der Waals surface area contributed by atoms with Crippen LogP contribution in [-0.4, -0.2) is 14.2 Å². The summed E-state index contributed by atoms with van der Waals surface area (Å²) >= 11 is 0. The SMILES string of the molecule is Cc1cc(N)ccc1CCS(=O)(=O)Cl. The quantitative estimate of drug-likeness (QED) is 0.639. The summed E-state index contributed by atoms with van der Waals surface area (Å²) in [5.41, 5.74) is 8.20. The van der Waals surface area contributed by atoms with Gasteiger partial charge in [0, 0.05) is 16.4 Å². The first-order chi connectivity index (χ1) is 6.38. The summed E-state index contributed by atoms with van der Waals surface area (Å²) in [6.07, 6.45) is 0.429. The molecule has 1 aromatic rings. The van der Waals surface area contributed by atoms with Crippen molar-refractivity contribution in [3.8, 4) is 0 Å². The largest absolute Gasteiger partial charge is 0.399 e. The molecule has 0 bridgehead atoms. The average molecular weight is 234 g/mol.